The zero-order valence-electron chi connectivity index (χ0n) is 14.7. The number of nitrogens with one attached hydrogen (secondary N) is 1. The highest BCUT2D eigenvalue weighted by molar-refractivity contribution is 6.04. The standard InChI is InChI=1S/C18H12F6N4O/c1-2-28-14(6-15(27-28)18(22,23)24)10-4-3-9(5-11(10)19)17(29)26-16-12(20)7-25-8-13(16)21/h3-8H,2H2,1H3,(H,25,26,29). The number of aromatic nitrogens is 3. The fraction of sp³-hybridized carbons (Fsp3) is 0.167. The van der Waals surface area contributed by atoms with Crippen molar-refractivity contribution >= 4 is 11.6 Å². The Morgan fingerprint density at radius 2 is 1.72 bits per heavy atom. The highest BCUT2D eigenvalue weighted by atomic mass is 19.4. The van der Waals surface area contributed by atoms with Crippen LogP contribution in [0.5, 0.6) is 0 Å². The van der Waals surface area contributed by atoms with Crippen LogP contribution in [-0.2, 0) is 12.7 Å². The summed E-state index contributed by atoms with van der Waals surface area (Å²) in [5.41, 5.74) is -2.57. The summed E-state index contributed by atoms with van der Waals surface area (Å²) in [6, 6.07) is 3.66. The number of carbonyl (C=O) groups excluding carboxylic acids is 1. The van der Waals surface area contributed by atoms with Crippen LogP contribution in [0.1, 0.15) is 23.0 Å². The predicted octanol–water partition coefficient (Wildman–Crippen LogP) is 4.65. The van der Waals surface area contributed by atoms with E-state index in [-0.39, 0.29) is 23.4 Å². The molecule has 29 heavy (non-hydrogen) atoms. The SMILES string of the molecule is CCn1nc(C(F)(F)F)cc1-c1ccc(C(=O)Nc2c(F)cncc2F)cc1F. The normalized spacial score (nSPS) is 11.6. The predicted molar refractivity (Wildman–Crippen MR) is 90.4 cm³/mol. The van der Waals surface area contributed by atoms with Gasteiger partial charge in [0, 0.05) is 17.7 Å². The minimum Gasteiger partial charge on any atom is -0.317 e. The van der Waals surface area contributed by atoms with Gasteiger partial charge in [-0.3, -0.25) is 14.5 Å². The number of halogens is 6. The van der Waals surface area contributed by atoms with Crippen molar-refractivity contribution in [3.8, 4) is 11.3 Å². The topological polar surface area (TPSA) is 59.8 Å². The fourth-order valence-electron chi connectivity index (χ4n) is 2.59. The first-order chi connectivity index (χ1) is 13.6. The molecular weight excluding hydrogens is 402 g/mol. The molecule has 0 unspecified atom stereocenters. The second-order valence-corrected chi connectivity index (χ2v) is 5.86. The molecule has 0 spiro atoms. The van der Waals surface area contributed by atoms with Gasteiger partial charge in [0.2, 0.25) is 0 Å². The lowest BCUT2D eigenvalue weighted by Gasteiger charge is -2.09. The monoisotopic (exact) mass is 414 g/mol. The van der Waals surface area contributed by atoms with Crippen LogP contribution in [0.2, 0.25) is 0 Å². The van der Waals surface area contributed by atoms with Crippen molar-refractivity contribution in [3.05, 3.63) is 65.4 Å². The lowest BCUT2D eigenvalue weighted by molar-refractivity contribution is -0.141. The van der Waals surface area contributed by atoms with Crippen LogP contribution >= 0.6 is 0 Å². The van der Waals surface area contributed by atoms with Crippen LogP contribution in [-0.4, -0.2) is 20.7 Å². The summed E-state index contributed by atoms with van der Waals surface area (Å²) in [5.74, 6) is -4.26. The molecule has 3 rings (SSSR count). The van der Waals surface area contributed by atoms with Crippen LogP contribution in [0.25, 0.3) is 11.3 Å². The van der Waals surface area contributed by atoms with E-state index >= 15 is 0 Å². The van der Waals surface area contributed by atoms with Crippen molar-refractivity contribution in [1.82, 2.24) is 14.8 Å². The third-order valence-corrected chi connectivity index (χ3v) is 3.97. The van der Waals surface area contributed by atoms with Crippen LogP contribution in [0.4, 0.5) is 32.0 Å². The highest BCUT2D eigenvalue weighted by Crippen LogP contribution is 2.33. The van der Waals surface area contributed by atoms with E-state index in [0.29, 0.717) is 18.5 Å². The molecule has 5 nitrogen and oxygen atoms in total. The van der Waals surface area contributed by atoms with Gasteiger partial charge < -0.3 is 5.32 Å². The van der Waals surface area contributed by atoms with Crippen molar-refractivity contribution in [1.29, 1.82) is 0 Å². The number of carbonyl (C=O) groups is 1. The van der Waals surface area contributed by atoms with Crippen molar-refractivity contribution in [3.63, 3.8) is 0 Å². The number of amides is 1. The molecule has 0 atom stereocenters. The van der Waals surface area contributed by atoms with Crippen molar-refractivity contribution in [2.45, 2.75) is 19.6 Å². The lowest BCUT2D eigenvalue weighted by atomic mass is 10.1. The molecule has 0 saturated carbocycles. The Labute approximate surface area is 160 Å². The van der Waals surface area contributed by atoms with Crippen LogP contribution in [0, 0.1) is 17.5 Å². The molecule has 0 aliphatic rings. The summed E-state index contributed by atoms with van der Waals surface area (Å²) in [5, 5.41) is 5.37. The maximum Gasteiger partial charge on any atom is 0.435 e. The Kier molecular flexibility index (Phi) is 5.31. The minimum absolute atomic E-state index is 0.0493. The van der Waals surface area contributed by atoms with Crippen LogP contribution in [0.3, 0.4) is 0 Å². The number of rotatable bonds is 4. The van der Waals surface area contributed by atoms with Gasteiger partial charge in [0.25, 0.3) is 5.91 Å². The van der Waals surface area contributed by atoms with Crippen LogP contribution < -0.4 is 5.32 Å². The number of benzene rings is 1. The summed E-state index contributed by atoms with van der Waals surface area (Å²) in [4.78, 5) is 15.4. The Bertz CT molecular complexity index is 1060. The smallest absolute Gasteiger partial charge is 0.317 e. The number of pyridine rings is 1. The Morgan fingerprint density at radius 1 is 1.07 bits per heavy atom. The summed E-state index contributed by atoms with van der Waals surface area (Å²) >= 11 is 0. The number of nitrogens with zero attached hydrogens (tertiary/aromatic N) is 3. The maximum atomic E-state index is 14.6. The second-order valence-electron chi connectivity index (χ2n) is 5.86. The molecule has 1 aromatic carbocycles. The molecule has 2 heterocycles. The summed E-state index contributed by atoms with van der Waals surface area (Å²) in [7, 11) is 0. The van der Waals surface area contributed by atoms with E-state index in [1.165, 1.54) is 6.92 Å². The van der Waals surface area contributed by atoms with Gasteiger partial charge in [-0.2, -0.15) is 18.3 Å². The number of alkyl halides is 3. The summed E-state index contributed by atoms with van der Waals surface area (Å²) in [6.07, 6.45) is -3.33. The summed E-state index contributed by atoms with van der Waals surface area (Å²) in [6.45, 7) is 1.59. The van der Waals surface area contributed by atoms with Gasteiger partial charge in [-0.15, -0.1) is 0 Å². The average Bonchev–Trinajstić information content (AvgIpc) is 3.09. The van der Waals surface area contributed by atoms with Gasteiger partial charge in [0.15, 0.2) is 17.3 Å². The van der Waals surface area contributed by atoms with Gasteiger partial charge in [-0.25, -0.2) is 13.2 Å². The molecule has 2 aromatic heterocycles. The van der Waals surface area contributed by atoms with E-state index in [0.717, 1.165) is 22.9 Å². The largest absolute Gasteiger partial charge is 0.435 e. The van der Waals surface area contributed by atoms with E-state index in [1.807, 2.05) is 5.32 Å². The van der Waals surface area contributed by atoms with Gasteiger partial charge in [-0.05, 0) is 31.2 Å². The third-order valence-electron chi connectivity index (χ3n) is 3.97. The first kappa shape index (κ1) is 20.4. The molecule has 3 aromatic rings. The number of aryl methyl sites for hydroxylation is 1. The quantitative estimate of drug-likeness (QED) is 0.632. The van der Waals surface area contributed by atoms with Gasteiger partial charge in [0.1, 0.15) is 11.5 Å². The van der Waals surface area contributed by atoms with Crippen molar-refractivity contribution in [2.75, 3.05) is 5.32 Å². The Hall–Kier alpha value is -3.37. The van der Waals surface area contributed by atoms with Crippen molar-refractivity contribution < 1.29 is 31.1 Å². The number of anilines is 1. The molecule has 1 amide bonds. The first-order valence-electron chi connectivity index (χ1n) is 8.17. The molecule has 152 valence electrons. The molecule has 0 saturated heterocycles. The first-order valence-corrected chi connectivity index (χ1v) is 8.17. The molecule has 11 heteroatoms. The third kappa shape index (κ3) is 4.08. The maximum absolute atomic E-state index is 14.6. The van der Waals surface area contributed by atoms with E-state index in [2.05, 4.69) is 10.1 Å². The van der Waals surface area contributed by atoms with Gasteiger partial charge in [-0.1, -0.05) is 0 Å². The molecule has 0 radical (unpaired) electrons. The van der Waals surface area contributed by atoms with E-state index < -0.39 is 40.9 Å². The average molecular weight is 414 g/mol. The van der Waals surface area contributed by atoms with Crippen LogP contribution in [0.15, 0.2) is 36.7 Å². The minimum atomic E-state index is -4.70. The van der Waals surface area contributed by atoms with Gasteiger partial charge in [0.05, 0.1) is 18.1 Å². The Morgan fingerprint density at radius 3 is 2.28 bits per heavy atom. The van der Waals surface area contributed by atoms with Crippen molar-refractivity contribution in [2.24, 2.45) is 0 Å². The van der Waals surface area contributed by atoms with E-state index in [1.54, 1.807) is 0 Å². The molecule has 1 N–H and O–H groups in total. The zero-order chi connectivity index (χ0) is 21.3. The zero-order valence-corrected chi connectivity index (χ0v) is 14.7. The molecule has 0 fully saturated rings. The second kappa shape index (κ2) is 7.57. The number of hydrogen-bond donors (Lipinski definition) is 1. The van der Waals surface area contributed by atoms with E-state index in [9.17, 15) is 31.1 Å². The Balaban J connectivity index is 1.93. The van der Waals surface area contributed by atoms with E-state index in [4.69, 9.17) is 0 Å². The molecule has 0 bridgehead atoms. The van der Waals surface area contributed by atoms with Gasteiger partial charge >= 0.3 is 6.18 Å². The summed E-state index contributed by atoms with van der Waals surface area (Å²) < 4.78 is 81.4. The highest BCUT2D eigenvalue weighted by Gasteiger charge is 2.35. The molecule has 0 aliphatic carbocycles. The molecule has 0 aliphatic heterocycles. The number of hydrogen-bond acceptors (Lipinski definition) is 3. The molecular formula is C18H12F6N4O. The lowest BCUT2D eigenvalue weighted by Crippen LogP contribution is -2.15. The fourth-order valence-corrected chi connectivity index (χ4v) is 2.59.